The van der Waals surface area contributed by atoms with E-state index in [2.05, 4.69) is 57.3 Å². The molecule has 2 heterocycles. The molecule has 2 amide bonds. The molecule has 0 radical (unpaired) electrons. The Kier molecular flexibility index (Phi) is 17.7. The zero-order valence-corrected chi connectivity index (χ0v) is 43.4. The molecule has 9 atom stereocenters. The summed E-state index contributed by atoms with van der Waals surface area (Å²) in [7, 11) is 2.75. The predicted molar refractivity (Wildman–Crippen MR) is 276 cm³/mol. The minimum Gasteiger partial charge on any atom is -0.496 e. The van der Waals surface area contributed by atoms with Gasteiger partial charge in [0.15, 0.2) is 17.3 Å². The summed E-state index contributed by atoms with van der Waals surface area (Å²) in [6.07, 6.45) is 10.7. The summed E-state index contributed by atoms with van der Waals surface area (Å²) in [5.41, 5.74) is 11.2. The smallest absolute Gasteiger partial charge is 0.461 e. The highest BCUT2D eigenvalue weighted by Gasteiger charge is 2.68. The van der Waals surface area contributed by atoms with Gasteiger partial charge in [0.2, 0.25) is 11.8 Å². The number of carbonyl (C=O) groups excluding carboxylic acids is 5. The van der Waals surface area contributed by atoms with Crippen molar-refractivity contribution in [1.29, 1.82) is 0 Å². The number of hydrogen-bond acceptors (Lipinski definition) is 9. The van der Waals surface area contributed by atoms with E-state index in [0.29, 0.717) is 67.4 Å². The van der Waals surface area contributed by atoms with Crippen molar-refractivity contribution < 1.29 is 38.0 Å². The number of rotatable bonds is 18. The normalized spacial score (nSPS) is 26.4. The molecule has 1 saturated heterocycles. The Balaban J connectivity index is 1.06. The van der Waals surface area contributed by atoms with Crippen molar-refractivity contribution in [3.8, 4) is 16.9 Å². The lowest BCUT2D eigenvalue weighted by molar-refractivity contribution is -0.199. The number of ketones is 3. The molecule has 8 rings (SSSR count). The molecule has 3 saturated carbocycles. The van der Waals surface area contributed by atoms with Crippen molar-refractivity contribution in [2.45, 2.75) is 174 Å². The molecule has 0 unspecified atom stereocenters. The first-order chi connectivity index (χ1) is 33.5. The number of nitrogens with two attached hydrogens (primary N) is 1. The molecule has 11 nitrogen and oxygen atoms in total. The molecule has 5 aliphatic rings. The maximum absolute atomic E-state index is 14.8. The van der Waals surface area contributed by atoms with Crippen molar-refractivity contribution >= 4 is 36.3 Å². The van der Waals surface area contributed by atoms with Gasteiger partial charge in [-0.3, -0.25) is 24.0 Å². The quantitative estimate of drug-likeness (QED) is 0.0720. The lowest BCUT2D eigenvalue weighted by Crippen LogP contribution is -2.65. The minimum atomic E-state index is -1.04. The van der Waals surface area contributed by atoms with Gasteiger partial charge in [0.1, 0.15) is 11.8 Å². The standard InChI is InChI=1S/C58H80BN3O8/c1-9-10-16-39-20-22-40(23-21-39)41-24-26-42(27-25-41)48(63)34-45(18-14-15-30-60)56(67)62(7)54-44-28-29-51(68-8)43(33-44)17-12-11-13-19-47(61-55(66)37(2)31-50(54)65)49(64)32-38(3)59-69-53-36-46-35-52(57(46,4)5)58(53,6)70-59/h20-29,33,37-38,45-47,52-54H,9-19,30-32,34-36,60H2,1-8H3,(H,61,66)/t37-,38-,45-,46+,47+,52+,53-,54+,58+/m1/s1. The van der Waals surface area contributed by atoms with Crippen LogP contribution in [-0.2, 0) is 41.3 Å². The van der Waals surface area contributed by atoms with Crippen LogP contribution in [-0.4, -0.2) is 79.6 Å². The van der Waals surface area contributed by atoms with Crippen molar-refractivity contribution in [2.24, 2.45) is 34.8 Å². The Morgan fingerprint density at radius 2 is 1.64 bits per heavy atom. The van der Waals surface area contributed by atoms with Gasteiger partial charge in [-0.2, -0.15) is 0 Å². The predicted octanol–water partition coefficient (Wildman–Crippen LogP) is 10.5. The van der Waals surface area contributed by atoms with Gasteiger partial charge in [0.25, 0.3) is 0 Å². The Morgan fingerprint density at radius 1 is 0.929 bits per heavy atom. The van der Waals surface area contributed by atoms with Gasteiger partial charge in [-0.25, -0.2) is 0 Å². The lowest BCUT2D eigenvalue weighted by Gasteiger charge is -2.64. The summed E-state index contributed by atoms with van der Waals surface area (Å²) in [6, 6.07) is 19.9. The fourth-order valence-corrected chi connectivity index (χ4v) is 12.2. The van der Waals surface area contributed by atoms with Crippen LogP contribution in [0.5, 0.6) is 5.75 Å². The third-order valence-corrected chi connectivity index (χ3v) is 16.8. The van der Waals surface area contributed by atoms with Gasteiger partial charge in [-0.05, 0) is 134 Å². The van der Waals surface area contributed by atoms with Gasteiger partial charge in [0.05, 0.1) is 24.9 Å². The average molecular weight is 958 g/mol. The lowest BCUT2D eigenvalue weighted by atomic mass is 9.43. The molecular weight excluding hydrogens is 877 g/mol. The van der Waals surface area contributed by atoms with Crippen LogP contribution >= 0.6 is 0 Å². The molecule has 12 heteroatoms. The molecule has 70 heavy (non-hydrogen) atoms. The molecule has 0 aromatic heterocycles. The average Bonchev–Trinajstić information content (AvgIpc) is 3.72. The zero-order chi connectivity index (χ0) is 50.3. The molecule has 2 aliphatic heterocycles. The Labute approximate surface area is 418 Å². The van der Waals surface area contributed by atoms with E-state index in [1.54, 1.807) is 21.1 Å². The second kappa shape index (κ2) is 23.3. The van der Waals surface area contributed by atoms with Crippen LogP contribution < -0.4 is 15.8 Å². The van der Waals surface area contributed by atoms with Crippen LogP contribution in [0.2, 0.25) is 5.82 Å². The number of hydrogen-bond donors (Lipinski definition) is 2. The third-order valence-electron chi connectivity index (χ3n) is 16.8. The van der Waals surface area contributed by atoms with Gasteiger partial charge < -0.3 is 30.0 Å². The number of methoxy groups -OCH3 is 1. The maximum Gasteiger partial charge on any atom is 0.461 e. The first-order valence-electron chi connectivity index (χ1n) is 26.5. The summed E-state index contributed by atoms with van der Waals surface area (Å²) < 4.78 is 19.1. The van der Waals surface area contributed by atoms with E-state index in [0.717, 1.165) is 68.1 Å². The second-order valence-electron chi connectivity index (χ2n) is 22.1. The summed E-state index contributed by atoms with van der Waals surface area (Å²) in [4.78, 5) is 73.4. The molecule has 4 fully saturated rings. The number of amides is 2. The molecule has 3 N–H and O–H groups in total. The monoisotopic (exact) mass is 958 g/mol. The Bertz CT molecular complexity index is 2320. The second-order valence-corrected chi connectivity index (χ2v) is 22.1. The first kappa shape index (κ1) is 53.2. The van der Waals surface area contributed by atoms with Gasteiger partial charge in [-0.15, -0.1) is 0 Å². The first-order valence-corrected chi connectivity index (χ1v) is 26.5. The van der Waals surface area contributed by atoms with E-state index < -0.39 is 31.0 Å². The number of carbonyl (C=O) groups is 5. The van der Waals surface area contributed by atoms with E-state index in [1.807, 2.05) is 49.4 Å². The molecule has 0 spiro atoms. The molecule has 3 aromatic rings. The third kappa shape index (κ3) is 11.8. The maximum atomic E-state index is 14.8. The number of benzene rings is 3. The van der Waals surface area contributed by atoms with E-state index in [4.69, 9.17) is 19.8 Å². The van der Waals surface area contributed by atoms with Crippen molar-refractivity contribution in [2.75, 3.05) is 20.7 Å². The largest absolute Gasteiger partial charge is 0.496 e. The number of fused-ring (bicyclic) bond motifs is 2. The van der Waals surface area contributed by atoms with Gasteiger partial charge in [0, 0.05) is 43.7 Å². The molecule has 3 aromatic carbocycles. The number of Topliss-reactive ketones (excluding diaryl/α,β-unsaturated/α-hetero) is 3. The van der Waals surface area contributed by atoms with E-state index in [9.17, 15) is 24.0 Å². The number of nitrogens with zero attached hydrogens (tertiary/aromatic N) is 1. The van der Waals surface area contributed by atoms with Crippen molar-refractivity contribution in [1.82, 2.24) is 10.2 Å². The van der Waals surface area contributed by atoms with Gasteiger partial charge >= 0.3 is 7.12 Å². The Hall–Kier alpha value is -4.65. The number of ether oxygens (including phenoxy) is 1. The molecule has 4 bridgehead atoms. The van der Waals surface area contributed by atoms with Crippen molar-refractivity contribution in [3.63, 3.8) is 0 Å². The van der Waals surface area contributed by atoms with Crippen molar-refractivity contribution in [3.05, 3.63) is 89.0 Å². The van der Waals surface area contributed by atoms with Crippen LogP contribution in [0.1, 0.15) is 165 Å². The number of likely N-dealkylation sites (N-methyl/N-ethyl adjacent to an activating group) is 1. The topological polar surface area (TPSA) is 154 Å². The highest BCUT2D eigenvalue weighted by molar-refractivity contribution is 6.47. The highest BCUT2D eigenvalue weighted by Crippen LogP contribution is 2.66. The number of nitrogens with one attached hydrogen (secondary N) is 1. The Morgan fingerprint density at radius 3 is 2.31 bits per heavy atom. The number of unbranched alkanes of at least 4 members (excludes halogenated alkanes) is 2. The van der Waals surface area contributed by atoms with E-state index >= 15 is 0 Å². The summed E-state index contributed by atoms with van der Waals surface area (Å²) in [6.45, 7) is 13.2. The molecule has 378 valence electrons. The van der Waals surface area contributed by atoms with E-state index in [-0.39, 0.29) is 71.4 Å². The van der Waals surface area contributed by atoms with E-state index in [1.165, 1.54) is 10.5 Å². The molecule has 3 aliphatic carbocycles. The van der Waals surface area contributed by atoms with Crippen LogP contribution in [0.15, 0.2) is 66.7 Å². The fourth-order valence-electron chi connectivity index (χ4n) is 12.2. The fraction of sp³-hybridized carbons (Fsp3) is 0.603. The summed E-state index contributed by atoms with van der Waals surface area (Å²) in [5.74, 6) is -1.24. The zero-order valence-electron chi connectivity index (χ0n) is 43.4. The van der Waals surface area contributed by atoms with Crippen LogP contribution in [0.25, 0.3) is 11.1 Å². The SMILES string of the molecule is CCCCc1ccc(-c2ccc(C(=O)C[C@@H](CCCCN)C(=O)N(C)[C@@H]3C(=O)C[C@@H](C)C(=O)N[C@H](C(=O)C[C@@H](C)B4O[C@@H]5C[C@@H]6C[C@@H](C6(C)C)[C@]5(C)O4)CCCCCc4cc3ccc4OC)cc2)cc1. The molecular formula is C58H80BN3O8. The number of aryl methyl sites for hydroxylation is 2. The minimum absolute atomic E-state index is 0.0115. The van der Waals surface area contributed by atoms with Crippen LogP contribution in [0.3, 0.4) is 0 Å². The summed E-state index contributed by atoms with van der Waals surface area (Å²) >= 11 is 0. The van der Waals surface area contributed by atoms with Crippen LogP contribution in [0, 0.1) is 29.1 Å². The highest BCUT2D eigenvalue weighted by atomic mass is 16.7. The van der Waals surface area contributed by atoms with Gasteiger partial charge in [-0.1, -0.05) is 115 Å². The summed E-state index contributed by atoms with van der Waals surface area (Å²) in [5, 5.41) is 3.06. The van der Waals surface area contributed by atoms with Crippen LogP contribution in [0.4, 0.5) is 0 Å².